The van der Waals surface area contributed by atoms with Crippen LogP contribution in [0, 0.1) is 0 Å². The number of unbranched alkanes of at least 4 members (excludes halogenated alkanes) is 1. The highest BCUT2D eigenvalue weighted by Crippen LogP contribution is 2.28. The smallest absolute Gasteiger partial charge is 0.285 e. The molecule has 0 heterocycles. The van der Waals surface area contributed by atoms with Crippen LogP contribution in [0.5, 0.6) is 0 Å². The minimum atomic E-state index is -2.78. The topological polar surface area (TPSA) is 3.24 Å². The average molecular weight is 320 g/mol. The lowest BCUT2D eigenvalue weighted by Crippen LogP contribution is -2.37. The van der Waals surface area contributed by atoms with Gasteiger partial charge in [0.1, 0.15) is 0 Å². The van der Waals surface area contributed by atoms with Crippen molar-refractivity contribution in [2.24, 2.45) is 0 Å². The van der Waals surface area contributed by atoms with Gasteiger partial charge in [-0.15, -0.1) is 0 Å². The second-order valence-corrected chi connectivity index (χ2v) is 5.18. The third-order valence-corrected chi connectivity index (χ3v) is 3.20. The lowest BCUT2D eigenvalue weighted by molar-refractivity contribution is -0.0367. The van der Waals surface area contributed by atoms with E-state index in [1.165, 1.54) is 12.1 Å². The summed E-state index contributed by atoms with van der Waals surface area (Å²) < 4.78 is 28.2. The van der Waals surface area contributed by atoms with Crippen LogP contribution in [-0.4, -0.2) is 29.9 Å². The largest absolute Gasteiger partial charge is 0.296 e. The molecule has 4 heteroatoms. The molecule has 0 saturated carbocycles. The van der Waals surface area contributed by atoms with Crippen LogP contribution in [0.1, 0.15) is 25.3 Å². The Morgan fingerprint density at radius 1 is 1.17 bits per heavy atom. The number of nitrogens with zero attached hydrogens (tertiary/aromatic N) is 1. The van der Waals surface area contributed by atoms with Crippen molar-refractivity contribution in [2.75, 3.05) is 25.0 Å². The standard InChI is InChI=1S/C14H20BrF2N/c1-2-3-10-18(11-9-15)12-14(16,17)13-7-5-4-6-8-13/h4-8H,2-3,9-12H2,1H3. The maximum atomic E-state index is 14.1. The molecule has 0 aromatic heterocycles. The summed E-state index contributed by atoms with van der Waals surface area (Å²) in [6, 6.07) is 8.05. The van der Waals surface area contributed by atoms with Crippen molar-refractivity contribution in [3.8, 4) is 0 Å². The Kier molecular flexibility index (Phi) is 6.79. The van der Waals surface area contributed by atoms with Gasteiger partial charge < -0.3 is 0 Å². The van der Waals surface area contributed by atoms with E-state index in [4.69, 9.17) is 0 Å². The van der Waals surface area contributed by atoms with E-state index < -0.39 is 5.92 Å². The van der Waals surface area contributed by atoms with Gasteiger partial charge in [-0.3, -0.25) is 4.90 Å². The van der Waals surface area contributed by atoms with Crippen LogP contribution in [0.4, 0.5) is 8.78 Å². The zero-order chi connectivity index (χ0) is 13.4. The first-order valence-electron chi connectivity index (χ1n) is 6.32. The van der Waals surface area contributed by atoms with Crippen LogP contribution in [0.3, 0.4) is 0 Å². The maximum absolute atomic E-state index is 14.1. The Balaban J connectivity index is 2.66. The molecule has 0 saturated heterocycles. The van der Waals surface area contributed by atoms with Gasteiger partial charge in [-0.05, 0) is 13.0 Å². The molecule has 0 N–H and O–H groups in total. The van der Waals surface area contributed by atoms with Gasteiger partial charge >= 0.3 is 0 Å². The van der Waals surface area contributed by atoms with Gasteiger partial charge in [-0.2, -0.15) is 8.78 Å². The molecule has 0 atom stereocenters. The summed E-state index contributed by atoms with van der Waals surface area (Å²) in [5.74, 6) is -2.78. The molecule has 0 unspecified atom stereocenters. The predicted octanol–water partition coefficient (Wildman–Crippen LogP) is 4.28. The normalized spacial score (nSPS) is 12.1. The second kappa shape index (κ2) is 7.85. The van der Waals surface area contributed by atoms with E-state index in [0.29, 0.717) is 6.54 Å². The lowest BCUT2D eigenvalue weighted by atomic mass is 10.1. The molecule has 0 radical (unpaired) electrons. The minimum absolute atomic E-state index is 0.0982. The van der Waals surface area contributed by atoms with Gasteiger partial charge in [-0.1, -0.05) is 59.6 Å². The first kappa shape index (κ1) is 15.6. The fourth-order valence-electron chi connectivity index (χ4n) is 1.83. The summed E-state index contributed by atoms with van der Waals surface area (Å²) >= 11 is 3.32. The van der Waals surface area contributed by atoms with E-state index in [1.807, 2.05) is 4.90 Å². The number of rotatable bonds is 8. The highest BCUT2D eigenvalue weighted by molar-refractivity contribution is 9.09. The van der Waals surface area contributed by atoms with Crippen molar-refractivity contribution in [1.82, 2.24) is 4.90 Å². The van der Waals surface area contributed by atoms with Gasteiger partial charge in [0.25, 0.3) is 5.92 Å². The maximum Gasteiger partial charge on any atom is 0.285 e. The molecule has 0 aliphatic carbocycles. The molecular formula is C14H20BrF2N. The second-order valence-electron chi connectivity index (χ2n) is 4.39. The summed E-state index contributed by atoms with van der Waals surface area (Å²) in [5.41, 5.74) is 0.0982. The van der Waals surface area contributed by atoms with Crippen molar-refractivity contribution in [3.63, 3.8) is 0 Å². The zero-order valence-corrected chi connectivity index (χ0v) is 12.3. The molecule has 1 aromatic carbocycles. The van der Waals surface area contributed by atoms with Gasteiger partial charge in [-0.25, -0.2) is 0 Å². The van der Waals surface area contributed by atoms with Crippen LogP contribution in [0.15, 0.2) is 30.3 Å². The van der Waals surface area contributed by atoms with E-state index in [9.17, 15) is 8.78 Å². The molecule has 0 aliphatic heterocycles. The quantitative estimate of drug-likeness (QED) is 0.647. The fraction of sp³-hybridized carbons (Fsp3) is 0.571. The molecule has 0 aliphatic rings. The van der Waals surface area contributed by atoms with E-state index in [-0.39, 0.29) is 12.1 Å². The number of hydrogen-bond acceptors (Lipinski definition) is 1. The Labute approximate surface area is 116 Å². The molecular weight excluding hydrogens is 300 g/mol. The Morgan fingerprint density at radius 2 is 1.83 bits per heavy atom. The van der Waals surface area contributed by atoms with Gasteiger partial charge in [0.2, 0.25) is 0 Å². The highest BCUT2D eigenvalue weighted by atomic mass is 79.9. The van der Waals surface area contributed by atoms with Crippen molar-refractivity contribution < 1.29 is 8.78 Å². The summed E-state index contributed by atoms with van der Waals surface area (Å²) in [6.45, 7) is 3.25. The van der Waals surface area contributed by atoms with Crippen LogP contribution < -0.4 is 0 Å². The molecule has 0 amide bonds. The van der Waals surface area contributed by atoms with Gasteiger partial charge in [0.15, 0.2) is 0 Å². The van der Waals surface area contributed by atoms with E-state index in [2.05, 4.69) is 22.9 Å². The van der Waals surface area contributed by atoms with Crippen LogP contribution in [-0.2, 0) is 5.92 Å². The van der Waals surface area contributed by atoms with E-state index >= 15 is 0 Å². The van der Waals surface area contributed by atoms with Crippen LogP contribution in [0.25, 0.3) is 0 Å². The molecule has 102 valence electrons. The lowest BCUT2D eigenvalue weighted by Gasteiger charge is -2.27. The highest BCUT2D eigenvalue weighted by Gasteiger charge is 2.33. The van der Waals surface area contributed by atoms with Crippen molar-refractivity contribution in [3.05, 3.63) is 35.9 Å². The first-order chi connectivity index (χ1) is 8.60. The average Bonchev–Trinajstić information content (AvgIpc) is 2.37. The molecule has 0 spiro atoms. The summed E-state index contributed by atoms with van der Waals surface area (Å²) in [7, 11) is 0. The molecule has 0 bridgehead atoms. The van der Waals surface area contributed by atoms with Crippen molar-refractivity contribution in [2.45, 2.75) is 25.7 Å². The molecule has 1 nitrogen and oxygen atoms in total. The van der Waals surface area contributed by atoms with Crippen molar-refractivity contribution in [1.29, 1.82) is 0 Å². The zero-order valence-electron chi connectivity index (χ0n) is 10.7. The monoisotopic (exact) mass is 319 g/mol. The van der Waals surface area contributed by atoms with Gasteiger partial charge in [0.05, 0.1) is 6.54 Å². The Morgan fingerprint density at radius 3 is 2.39 bits per heavy atom. The molecule has 1 rings (SSSR count). The number of hydrogen-bond donors (Lipinski definition) is 0. The Bertz CT molecular complexity index is 330. The van der Waals surface area contributed by atoms with Crippen LogP contribution >= 0.6 is 15.9 Å². The number of alkyl halides is 3. The Hall–Kier alpha value is -0.480. The predicted molar refractivity (Wildman–Crippen MR) is 75.5 cm³/mol. The SMILES string of the molecule is CCCCN(CCBr)CC(F)(F)c1ccccc1. The van der Waals surface area contributed by atoms with Gasteiger partial charge in [0, 0.05) is 17.4 Å². The van der Waals surface area contributed by atoms with E-state index in [1.54, 1.807) is 18.2 Å². The van der Waals surface area contributed by atoms with Crippen LogP contribution in [0.2, 0.25) is 0 Å². The third-order valence-electron chi connectivity index (χ3n) is 2.85. The minimum Gasteiger partial charge on any atom is -0.296 e. The summed E-state index contributed by atoms with van der Waals surface area (Å²) in [6.07, 6.45) is 1.98. The van der Waals surface area contributed by atoms with E-state index in [0.717, 1.165) is 24.7 Å². The first-order valence-corrected chi connectivity index (χ1v) is 7.44. The molecule has 1 aromatic rings. The third kappa shape index (κ3) is 5.02. The summed E-state index contributed by atoms with van der Waals surface area (Å²) in [5, 5.41) is 0.724. The molecule has 18 heavy (non-hydrogen) atoms. The number of benzene rings is 1. The summed E-state index contributed by atoms with van der Waals surface area (Å²) in [4.78, 5) is 1.82. The fourth-order valence-corrected chi connectivity index (χ4v) is 2.33. The van der Waals surface area contributed by atoms with Crippen molar-refractivity contribution >= 4 is 15.9 Å². The molecule has 0 fully saturated rings. The number of halogens is 3.